The monoisotopic (exact) mass is 290 g/mol. The van der Waals surface area contributed by atoms with E-state index in [0.717, 1.165) is 43.8 Å². The van der Waals surface area contributed by atoms with Gasteiger partial charge in [0.1, 0.15) is 5.75 Å². The highest BCUT2D eigenvalue weighted by Crippen LogP contribution is 2.44. The molecule has 1 aromatic rings. The molecule has 1 aliphatic rings. The normalized spacial score (nSPS) is 26.6. The number of methoxy groups -OCH3 is 1. The van der Waals surface area contributed by atoms with Gasteiger partial charge in [-0.15, -0.1) is 0 Å². The van der Waals surface area contributed by atoms with Crippen LogP contribution in [0.5, 0.6) is 5.75 Å². The van der Waals surface area contributed by atoms with E-state index in [-0.39, 0.29) is 0 Å². The number of hydrogen-bond donors (Lipinski definition) is 1. The topological polar surface area (TPSA) is 29.5 Å². The van der Waals surface area contributed by atoms with Gasteiger partial charge in [-0.2, -0.15) is 0 Å². The molecule has 0 aromatic heterocycles. The minimum atomic E-state index is -0.535. The number of benzene rings is 1. The number of hydrogen-bond acceptors (Lipinski definition) is 2. The van der Waals surface area contributed by atoms with Crippen molar-refractivity contribution in [3.05, 3.63) is 29.8 Å². The van der Waals surface area contributed by atoms with Crippen molar-refractivity contribution in [1.29, 1.82) is 0 Å². The van der Waals surface area contributed by atoms with E-state index in [2.05, 4.69) is 26.8 Å². The second-order valence-corrected chi connectivity index (χ2v) is 7.37. The zero-order valence-corrected chi connectivity index (χ0v) is 14.0. The Morgan fingerprint density at radius 3 is 2.52 bits per heavy atom. The fraction of sp³-hybridized carbons (Fsp3) is 0.684. The van der Waals surface area contributed by atoms with E-state index < -0.39 is 5.60 Å². The predicted octanol–water partition coefficient (Wildman–Crippen LogP) is 4.60. The smallest absolute Gasteiger partial charge is 0.119 e. The standard InChI is InChI=1S/C19H30O2/c1-5-18(2,3)16-9-11-19(20,12-10-16)14-15-7-6-8-17(13-15)21-4/h6-8,13,16,20H,5,9-12,14H2,1-4H3. The third-order valence-electron chi connectivity index (χ3n) is 5.60. The molecule has 0 bridgehead atoms. The lowest BCUT2D eigenvalue weighted by Crippen LogP contribution is -2.39. The van der Waals surface area contributed by atoms with Crippen LogP contribution >= 0.6 is 0 Å². The fourth-order valence-corrected chi connectivity index (χ4v) is 3.56. The second kappa shape index (κ2) is 6.39. The molecule has 2 nitrogen and oxygen atoms in total. The minimum Gasteiger partial charge on any atom is -0.497 e. The van der Waals surface area contributed by atoms with E-state index >= 15 is 0 Å². The second-order valence-electron chi connectivity index (χ2n) is 7.37. The van der Waals surface area contributed by atoms with Crippen LogP contribution in [0.4, 0.5) is 0 Å². The Labute approximate surface area is 129 Å². The average molecular weight is 290 g/mol. The van der Waals surface area contributed by atoms with E-state index in [9.17, 15) is 5.11 Å². The van der Waals surface area contributed by atoms with Crippen molar-refractivity contribution >= 4 is 0 Å². The van der Waals surface area contributed by atoms with Crippen LogP contribution in [0, 0.1) is 11.3 Å². The molecule has 2 rings (SSSR count). The van der Waals surface area contributed by atoms with Gasteiger partial charge in [-0.05, 0) is 54.7 Å². The summed E-state index contributed by atoms with van der Waals surface area (Å²) >= 11 is 0. The first-order chi connectivity index (χ1) is 9.88. The molecule has 1 N–H and O–H groups in total. The van der Waals surface area contributed by atoms with Crippen molar-refractivity contribution in [3.63, 3.8) is 0 Å². The Bertz CT molecular complexity index is 456. The first kappa shape index (κ1) is 16.4. The van der Waals surface area contributed by atoms with Crippen molar-refractivity contribution in [2.45, 2.75) is 64.9 Å². The summed E-state index contributed by atoms with van der Waals surface area (Å²) in [7, 11) is 1.69. The first-order valence-electron chi connectivity index (χ1n) is 8.24. The highest BCUT2D eigenvalue weighted by Gasteiger charge is 2.38. The zero-order chi connectivity index (χ0) is 15.5. The van der Waals surface area contributed by atoms with Crippen LogP contribution in [0.3, 0.4) is 0 Å². The summed E-state index contributed by atoms with van der Waals surface area (Å²) in [5.41, 5.74) is 1.04. The molecule has 0 radical (unpaired) electrons. The van der Waals surface area contributed by atoms with Crippen LogP contribution in [0.15, 0.2) is 24.3 Å². The molecular weight excluding hydrogens is 260 g/mol. The minimum absolute atomic E-state index is 0.400. The van der Waals surface area contributed by atoms with Crippen molar-refractivity contribution in [2.24, 2.45) is 11.3 Å². The molecule has 21 heavy (non-hydrogen) atoms. The largest absolute Gasteiger partial charge is 0.497 e. The summed E-state index contributed by atoms with van der Waals surface area (Å²) < 4.78 is 5.27. The maximum atomic E-state index is 10.9. The molecule has 1 saturated carbocycles. The lowest BCUT2D eigenvalue weighted by molar-refractivity contribution is -0.0276. The number of aliphatic hydroxyl groups is 1. The van der Waals surface area contributed by atoms with Crippen LogP contribution in [-0.2, 0) is 6.42 Å². The molecule has 1 fully saturated rings. The van der Waals surface area contributed by atoms with Crippen LogP contribution < -0.4 is 4.74 Å². The van der Waals surface area contributed by atoms with Crippen molar-refractivity contribution in [3.8, 4) is 5.75 Å². The predicted molar refractivity (Wildman–Crippen MR) is 87.7 cm³/mol. The van der Waals surface area contributed by atoms with Gasteiger partial charge in [0.25, 0.3) is 0 Å². The molecule has 1 aromatic carbocycles. The molecule has 0 amide bonds. The van der Waals surface area contributed by atoms with E-state index in [0.29, 0.717) is 5.41 Å². The van der Waals surface area contributed by atoms with Gasteiger partial charge in [0, 0.05) is 6.42 Å². The molecular formula is C19H30O2. The third kappa shape index (κ3) is 4.00. The molecule has 118 valence electrons. The van der Waals surface area contributed by atoms with Crippen molar-refractivity contribution in [2.75, 3.05) is 7.11 Å². The third-order valence-corrected chi connectivity index (χ3v) is 5.60. The Kier molecular flexibility index (Phi) is 4.98. The molecule has 0 saturated heterocycles. The van der Waals surface area contributed by atoms with Gasteiger partial charge in [0.2, 0.25) is 0 Å². The maximum Gasteiger partial charge on any atom is 0.119 e. The van der Waals surface area contributed by atoms with Gasteiger partial charge in [0.05, 0.1) is 12.7 Å². The van der Waals surface area contributed by atoms with E-state index in [1.54, 1.807) is 7.11 Å². The van der Waals surface area contributed by atoms with Crippen molar-refractivity contribution < 1.29 is 9.84 Å². The molecule has 1 aliphatic carbocycles. The molecule has 0 heterocycles. The van der Waals surface area contributed by atoms with E-state index in [1.165, 1.54) is 12.0 Å². The van der Waals surface area contributed by atoms with Gasteiger partial charge < -0.3 is 9.84 Å². The number of ether oxygens (including phenoxy) is 1. The van der Waals surface area contributed by atoms with Crippen LogP contribution in [0.25, 0.3) is 0 Å². The van der Waals surface area contributed by atoms with Crippen LogP contribution in [0.2, 0.25) is 0 Å². The lowest BCUT2D eigenvalue weighted by Gasteiger charge is -2.42. The van der Waals surface area contributed by atoms with Gasteiger partial charge in [0.15, 0.2) is 0 Å². The zero-order valence-electron chi connectivity index (χ0n) is 14.0. The summed E-state index contributed by atoms with van der Waals surface area (Å²) in [6.07, 6.45) is 6.06. The average Bonchev–Trinajstić information content (AvgIpc) is 2.47. The van der Waals surface area contributed by atoms with Crippen LogP contribution in [-0.4, -0.2) is 17.8 Å². The van der Waals surface area contributed by atoms with E-state index in [1.807, 2.05) is 18.2 Å². The Balaban J connectivity index is 1.99. The van der Waals surface area contributed by atoms with Gasteiger partial charge in [-0.3, -0.25) is 0 Å². The lowest BCUT2D eigenvalue weighted by atomic mass is 9.65. The molecule has 0 aliphatic heterocycles. The highest BCUT2D eigenvalue weighted by molar-refractivity contribution is 5.29. The van der Waals surface area contributed by atoms with Crippen molar-refractivity contribution in [1.82, 2.24) is 0 Å². The first-order valence-corrected chi connectivity index (χ1v) is 8.24. The maximum absolute atomic E-state index is 10.9. The highest BCUT2D eigenvalue weighted by atomic mass is 16.5. The summed E-state index contributed by atoms with van der Waals surface area (Å²) in [5, 5.41) is 10.9. The van der Waals surface area contributed by atoms with Gasteiger partial charge in [-0.25, -0.2) is 0 Å². The molecule has 0 unspecified atom stereocenters. The quantitative estimate of drug-likeness (QED) is 0.859. The fourth-order valence-electron chi connectivity index (χ4n) is 3.56. The SMILES string of the molecule is CCC(C)(C)C1CCC(O)(Cc2cccc(OC)c2)CC1. The number of rotatable bonds is 5. The summed E-state index contributed by atoms with van der Waals surface area (Å²) in [5.74, 6) is 1.62. The van der Waals surface area contributed by atoms with Crippen LogP contribution in [0.1, 0.15) is 58.4 Å². The van der Waals surface area contributed by atoms with Gasteiger partial charge in [-0.1, -0.05) is 39.3 Å². The summed E-state index contributed by atoms with van der Waals surface area (Å²) in [4.78, 5) is 0. The van der Waals surface area contributed by atoms with E-state index in [4.69, 9.17) is 4.74 Å². The summed E-state index contributed by atoms with van der Waals surface area (Å²) in [6, 6.07) is 8.08. The summed E-state index contributed by atoms with van der Waals surface area (Å²) in [6.45, 7) is 7.01. The Morgan fingerprint density at radius 2 is 1.95 bits per heavy atom. The Morgan fingerprint density at radius 1 is 1.29 bits per heavy atom. The molecule has 0 spiro atoms. The van der Waals surface area contributed by atoms with Gasteiger partial charge >= 0.3 is 0 Å². The Hall–Kier alpha value is -1.02. The molecule has 2 heteroatoms. The molecule has 0 atom stereocenters.